The molecule has 2 amide bonds. The molecular weight excluding hydrogens is 316 g/mol. The summed E-state index contributed by atoms with van der Waals surface area (Å²) in [7, 11) is 0. The first-order valence-electron chi connectivity index (χ1n) is 6.67. The van der Waals surface area contributed by atoms with Crippen LogP contribution in [-0.2, 0) is 9.59 Å². The summed E-state index contributed by atoms with van der Waals surface area (Å²) in [5, 5.41) is 29.6. The summed E-state index contributed by atoms with van der Waals surface area (Å²) in [6.45, 7) is 2.23. The van der Waals surface area contributed by atoms with Crippen LogP contribution in [0, 0.1) is 11.3 Å². The third kappa shape index (κ3) is 10.4. The zero-order valence-electron chi connectivity index (χ0n) is 12.9. The molecule has 0 radical (unpaired) electrons. The largest absolute Gasteiger partial charge is 0.478 e. The average Bonchev–Trinajstić information content (AvgIpc) is 2.51. The van der Waals surface area contributed by atoms with Crippen LogP contribution < -0.4 is 16.4 Å². The Labute approximate surface area is 138 Å². The third-order valence-electron chi connectivity index (χ3n) is 2.51. The van der Waals surface area contributed by atoms with Crippen molar-refractivity contribution in [2.45, 2.75) is 13.0 Å². The molecule has 0 saturated heterocycles. The zero-order chi connectivity index (χ0) is 18.5. The molecule has 0 saturated carbocycles. The monoisotopic (exact) mass is 334 g/mol. The fourth-order valence-corrected chi connectivity index (χ4v) is 1.49. The lowest BCUT2D eigenvalue weighted by molar-refractivity contribution is -0.134. The predicted molar refractivity (Wildman–Crippen MR) is 86.1 cm³/mol. The number of carboxylic acid groups (broad SMARTS) is 2. The van der Waals surface area contributed by atoms with E-state index in [9.17, 15) is 14.4 Å². The molecular formula is C15H18N4O5. The highest BCUT2D eigenvalue weighted by Gasteiger charge is 2.05. The smallest absolute Gasteiger partial charge is 0.328 e. The van der Waals surface area contributed by atoms with Gasteiger partial charge in [-0.05, 0) is 24.6 Å². The van der Waals surface area contributed by atoms with Gasteiger partial charge < -0.3 is 21.3 Å². The zero-order valence-corrected chi connectivity index (χ0v) is 12.9. The van der Waals surface area contributed by atoms with E-state index >= 15 is 0 Å². The molecule has 128 valence electrons. The molecule has 0 heterocycles. The van der Waals surface area contributed by atoms with Crippen molar-refractivity contribution in [2.75, 3.05) is 11.9 Å². The van der Waals surface area contributed by atoms with Gasteiger partial charge in [0.1, 0.15) is 0 Å². The van der Waals surface area contributed by atoms with E-state index in [1.165, 1.54) is 0 Å². The Hall–Kier alpha value is -3.38. The maximum Gasteiger partial charge on any atom is 0.328 e. The van der Waals surface area contributed by atoms with Gasteiger partial charge in [0.15, 0.2) is 0 Å². The first-order chi connectivity index (χ1) is 11.3. The molecule has 6 N–H and O–H groups in total. The van der Waals surface area contributed by atoms with Gasteiger partial charge in [-0.25, -0.2) is 14.4 Å². The van der Waals surface area contributed by atoms with Crippen molar-refractivity contribution in [3.8, 4) is 6.07 Å². The van der Waals surface area contributed by atoms with E-state index in [2.05, 4.69) is 10.6 Å². The second-order valence-corrected chi connectivity index (χ2v) is 4.39. The summed E-state index contributed by atoms with van der Waals surface area (Å²) in [6.07, 6.45) is 1.12. The van der Waals surface area contributed by atoms with Crippen molar-refractivity contribution in [1.29, 1.82) is 5.26 Å². The van der Waals surface area contributed by atoms with Crippen molar-refractivity contribution in [3.05, 3.63) is 42.0 Å². The average molecular weight is 334 g/mol. The van der Waals surface area contributed by atoms with Gasteiger partial charge >= 0.3 is 18.0 Å². The number of aliphatic carboxylic acids is 2. The minimum Gasteiger partial charge on any atom is -0.478 e. The molecule has 0 aliphatic rings. The summed E-state index contributed by atoms with van der Waals surface area (Å²) in [6, 6.07) is 8.79. The number of nitrogens with two attached hydrogens (primary N) is 1. The number of benzene rings is 1. The number of nitriles is 1. The standard InChI is InChI=1S/C11H14N4O.C4H4O4/c1-8(14-6-5-12)9-3-2-4-10(7-9)15-11(13)16;5-3(6)1-2-4(7)8/h2-4,7-8,14H,6H2,1H3,(H3,13,15,16);1-2H,(H,5,6)(H,7,8)/b;2-1-. The summed E-state index contributed by atoms with van der Waals surface area (Å²) in [5.74, 6) is -2.51. The molecule has 9 nitrogen and oxygen atoms in total. The number of rotatable bonds is 6. The summed E-state index contributed by atoms with van der Waals surface area (Å²) in [5.41, 5.74) is 6.66. The number of carboxylic acids is 2. The number of carbonyl (C=O) groups is 3. The van der Waals surface area contributed by atoms with Gasteiger partial charge in [-0.2, -0.15) is 5.26 Å². The van der Waals surface area contributed by atoms with Gasteiger partial charge in [0, 0.05) is 23.9 Å². The number of urea groups is 1. The number of hydrogen-bond acceptors (Lipinski definition) is 5. The lowest BCUT2D eigenvalue weighted by atomic mass is 10.1. The predicted octanol–water partition coefficient (Wildman–Crippen LogP) is 1.06. The molecule has 0 aromatic heterocycles. The van der Waals surface area contributed by atoms with E-state index in [1.807, 2.05) is 31.2 Å². The number of amides is 2. The van der Waals surface area contributed by atoms with E-state index < -0.39 is 18.0 Å². The molecule has 0 aliphatic heterocycles. The van der Waals surface area contributed by atoms with Crippen LogP contribution in [-0.4, -0.2) is 34.7 Å². The van der Waals surface area contributed by atoms with Gasteiger partial charge in [-0.1, -0.05) is 12.1 Å². The molecule has 0 fully saturated rings. The number of nitrogens with one attached hydrogen (secondary N) is 2. The van der Waals surface area contributed by atoms with Gasteiger partial charge in [-0.15, -0.1) is 0 Å². The van der Waals surface area contributed by atoms with Crippen LogP contribution in [0.4, 0.5) is 10.5 Å². The number of primary amides is 1. The van der Waals surface area contributed by atoms with Gasteiger partial charge in [0.2, 0.25) is 0 Å². The van der Waals surface area contributed by atoms with Crippen molar-refractivity contribution in [3.63, 3.8) is 0 Å². The Bertz CT molecular complexity index is 636. The molecule has 1 aromatic rings. The number of carbonyl (C=O) groups excluding carboxylic acids is 1. The normalized spacial score (nSPS) is 10.8. The van der Waals surface area contributed by atoms with Crippen LogP contribution >= 0.6 is 0 Å². The molecule has 1 atom stereocenters. The molecule has 1 rings (SSSR count). The van der Waals surface area contributed by atoms with Crippen LogP contribution in [0.2, 0.25) is 0 Å². The Balaban J connectivity index is 0.000000561. The van der Waals surface area contributed by atoms with Crippen molar-refractivity contribution >= 4 is 23.7 Å². The number of anilines is 1. The SMILES string of the molecule is CC(NCC#N)c1cccc(NC(N)=O)c1.O=C(O)/C=C\C(=O)O. The Morgan fingerprint density at radius 2 is 1.88 bits per heavy atom. The van der Waals surface area contributed by atoms with Crippen molar-refractivity contribution in [1.82, 2.24) is 5.32 Å². The summed E-state index contributed by atoms with van der Waals surface area (Å²) in [4.78, 5) is 29.8. The topological polar surface area (TPSA) is 166 Å². The molecule has 0 spiro atoms. The van der Waals surface area contributed by atoms with E-state index in [0.717, 1.165) is 5.56 Å². The third-order valence-corrected chi connectivity index (χ3v) is 2.51. The van der Waals surface area contributed by atoms with E-state index in [4.69, 9.17) is 21.2 Å². The number of nitrogens with zero attached hydrogens (tertiary/aromatic N) is 1. The van der Waals surface area contributed by atoms with Gasteiger partial charge in [0.05, 0.1) is 12.6 Å². The second kappa shape index (κ2) is 11.2. The minimum atomic E-state index is -1.26. The first-order valence-corrected chi connectivity index (χ1v) is 6.67. The van der Waals surface area contributed by atoms with E-state index in [1.54, 1.807) is 6.07 Å². The highest BCUT2D eigenvalue weighted by Crippen LogP contribution is 2.16. The quantitative estimate of drug-likeness (QED) is 0.383. The van der Waals surface area contributed by atoms with Crippen LogP contribution in [0.25, 0.3) is 0 Å². The minimum absolute atomic E-state index is 0.0503. The van der Waals surface area contributed by atoms with Gasteiger partial charge in [-0.3, -0.25) is 5.32 Å². The highest BCUT2D eigenvalue weighted by atomic mass is 16.4. The number of hydrogen-bond donors (Lipinski definition) is 5. The fourth-order valence-electron chi connectivity index (χ4n) is 1.49. The Kier molecular flexibility index (Phi) is 9.64. The maximum absolute atomic E-state index is 10.7. The molecule has 1 aromatic carbocycles. The molecule has 24 heavy (non-hydrogen) atoms. The lowest BCUT2D eigenvalue weighted by Gasteiger charge is -2.13. The lowest BCUT2D eigenvalue weighted by Crippen LogP contribution is -2.21. The van der Waals surface area contributed by atoms with E-state index in [-0.39, 0.29) is 12.6 Å². The Morgan fingerprint density at radius 1 is 1.29 bits per heavy atom. The Morgan fingerprint density at radius 3 is 2.33 bits per heavy atom. The van der Waals surface area contributed by atoms with Crippen molar-refractivity contribution < 1.29 is 24.6 Å². The molecule has 9 heteroatoms. The molecule has 0 bridgehead atoms. The van der Waals surface area contributed by atoms with Crippen LogP contribution in [0.5, 0.6) is 0 Å². The maximum atomic E-state index is 10.7. The van der Waals surface area contributed by atoms with Gasteiger partial charge in [0.25, 0.3) is 0 Å². The molecule has 0 aliphatic carbocycles. The fraction of sp³-hybridized carbons (Fsp3) is 0.200. The summed E-state index contributed by atoms with van der Waals surface area (Å²) >= 11 is 0. The first kappa shape index (κ1) is 20.6. The second-order valence-electron chi connectivity index (χ2n) is 4.39. The summed E-state index contributed by atoms with van der Waals surface area (Å²) < 4.78 is 0. The highest BCUT2D eigenvalue weighted by molar-refractivity contribution is 5.89. The molecule has 1 unspecified atom stereocenters. The van der Waals surface area contributed by atoms with Crippen LogP contribution in [0.3, 0.4) is 0 Å². The van der Waals surface area contributed by atoms with Crippen LogP contribution in [0.1, 0.15) is 18.5 Å². The van der Waals surface area contributed by atoms with Crippen molar-refractivity contribution in [2.24, 2.45) is 5.73 Å². The van der Waals surface area contributed by atoms with E-state index in [0.29, 0.717) is 17.8 Å². The van der Waals surface area contributed by atoms with Crippen LogP contribution in [0.15, 0.2) is 36.4 Å².